The fraction of sp³-hybridized carbons (Fsp3) is 0.800. The summed E-state index contributed by atoms with van der Waals surface area (Å²) in [7, 11) is -6.67. The van der Waals surface area contributed by atoms with Gasteiger partial charge in [-0.3, -0.25) is 4.55 Å². The molecule has 3 unspecified atom stereocenters. The Balaban J connectivity index is 2.40. The van der Waals surface area contributed by atoms with Crippen molar-refractivity contribution in [1.29, 1.82) is 0 Å². The lowest BCUT2D eigenvalue weighted by Crippen LogP contribution is -2.60. The zero-order valence-electron chi connectivity index (χ0n) is 9.74. The van der Waals surface area contributed by atoms with Crippen molar-refractivity contribution in [3.63, 3.8) is 0 Å². The van der Waals surface area contributed by atoms with Crippen LogP contribution in [-0.4, -0.2) is 30.1 Å². The van der Waals surface area contributed by atoms with Crippen LogP contribution in [0.1, 0.15) is 12.8 Å². The van der Waals surface area contributed by atoms with E-state index in [-0.39, 0.29) is 6.42 Å². The Kier molecular flexibility index (Phi) is 3.22. The first-order chi connectivity index (χ1) is 8.82. The molecule has 2 bridgehead atoms. The quantitative estimate of drug-likeness (QED) is 0.491. The Hall–Kier alpha value is -0.770. The van der Waals surface area contributed by atoms with E-state index in [4.69, 9.17) is 4.55 Å². The molecule has 2 rings (SSSR count). The molecule has 1 N–H and O–H groups in total. The topological polar surface area (TPSA) is 54.4 Å². The monoisotopic (exact) mass is 324 g/mol. The molecule has 1 fully saturated rings. The highest BCUT2D eigenvalue weighted by molar-refractivity contribution is 7.87. The Labute approximate surface area is 110 Å². The van der Waals surface area contributed by atoms with Crippen molar-refractivity contribution in [2.24, 2.45) is 17.8 Å². The van der Waals surface area contributed by atoms with Crippen molar-refractivity contribution in [3.05, 3.63) is 12.2 Å². The van der Waals surface area contributed by atoms with Gasteiger partial charge in [0.15, 0.2) is 0 Å². The molecular formula is C10H10F6O3S. The van der Waals surface area contributed by atoms with Crippen LogP contribution in [0.5, 0.6) is 0 Å². The standard InChI is InChI=1S/C10H10F6O3S/c11-8(12,7-4-5-1-2-6(7)3-5)9(13,14)10(15,16)20(17,18)19/h1-2,5-7H,3-4H2,(H,17,18,19). The predicted molar refractivity (Wildman–Crippen MR) is 55.2 cm³/mol. The van der Waals surface area contributed by atoms with Crippen molar-refractivity contribution in [2.45, 2.75) is 29.9 Å². The molecule has 3 nitrogen and oxygen atoms in total. The summed E-state index contributed by atoms with van der Waals surface area (Å²) in [6.45, 7) is 0. The number of halogens is 6. The number of fused-ring (bicyclic) bond motifs is 2. The molecule has 0 aromatic heterocycles. The van der Waals surface area contributed by atoms with Crippen molar-refractivity contribution < 1.29 is 39.3 Å². The number of rotatable bonds is 4. The van der Waals surface area contributed by atoms with Gasteiger partial charge in [0.25, 0.3) is 0 Å². The molecule has 0 aliphatic heterocycles. The molecule has 0 heterocycles. The third kappa shape index (κ3) is 1.87. The zero-order valence-corrected chi connectivity index (χ0v) is 10.6. The van der Waals surface area contributed by atoms with E-state index in [0.29, 0.717) is 0 Å². The van der Waals surface area contributed by atoms with Gasteiger partial charge in [-0.1, -0.05) is 12.2 Å². The largest absolute Gasteiger partial charge is 0.437 e. The van der Waals surface area contributed by atoms with Crippen molar-refractivity contribution in [2.75, 3.05) is 0 Å². The van der Waals surface area contributed by atoms with Gasteiger partial charge in [-0.25, -0.2) is 0 Å². The summed E-state index contributed by atoms with van der Waals surface area (Å²) in [6, 6.07) is 0. The van der Waals surface area contributed by atoms with Gasteiger partial charge >= 0.3 is 27.2 Å². The number of alkyl halides is 6. The maximum Gasteiger partial charge on any atom is 0.437 e. The van der Waals surface area contributed by atoms with Crippen LogP contribution in [0.4, 0.5) is 26.3 Å². The van der Waals surface area contributed by atoms with E-state index in [2.05, 4.69) is 0 Å². The smallest absolute Gasteiger partial charge is 0.281 e. The fourth-order valence-corrected chi connectivity index (χ4v) is 3.25. The molecule has 0 aromatic carbocycles. The van der Waals surface area contributed by atoms with Crippen LogP contribution >= 0.6 is 0 Å². The van der Waals surface area contributed by atoms with Crippen LogP contribution in [0, 0.1) is 17.8 Å². The van der Waals surface area contributed by atoms with Gasteiger partial charge < -0.3 is 0 Å². The predicted octanol–water partition coefficient (Wildman–Crippen LogP) is 2.95. The lowest BCUT2D eigenvalue weighted by Gasteiger charge is -2.36. The van der Waals surface area contributed by atoms with Crippen LogP contribution in [0.25, 0.3) is 0 Å². The number of allylic oxidation sites excluding steroid dienone is 2. The Morgan fingerprint density at radius 2 is 1.55 bits per heavy atom. The summed E-state index contributed by atoms with van der Waals surface area (Å²) in [5.74, 6) is -14.9. The van der Waals surface area contributed by atoms with E-state index in [1.807, 2.05) is 0 Å². The second-order valence-corrected chi connectivity index (χ2v) is 6.54. The first kappa shape index (κ1) is 15.6. The molecule has 116 valence electrons. The van der Waals surface area contributed by atoms with Gasteiger partial charge in [0, 0.05) is 5.92 Å². The summed E-state index contributed by atoms with van der Waals surface area (Å²) in [6.07, 6.45) is 2.50. The first-order valence-corrected chi connectivity index (χ1v) is 7.05. The van der Waals surface area contributed by atoms with Crippen molar-refractivity contribution >= 4 is 10.1 Å². The van der Waals surface area contributed by atoms with E-state index in [0.717, 1.165) is 0 Å². The minimum atomic E-state index is -6.67. The normalized spacial score (nSPS) is 31.1. The highest BCUT2D eigenvalue weighted by Gasteiger charge is 2.79. The summed E-state index contributed by atoms with van der Waals surface area (Å²) in [5.41, 5.74) is 0. The molecule has 2 aliphatic rings. The van der Waals surface area contributed by atoms with Gasteiger partial charge in [-0.15, -0.1) is 0 Å². The van der Waals surface area contributed by atoms with E-state index >= 15 is 0 Å². The SMILES string of the molecule is O=S(=O)(O)C(F)(F)C(F)(F)C(F)(F)C1CC2C=CC1C2. The minimum Gasteiger partial charge on any atom is -0.281 e. The summed E-state index contributed by atoms with van der Waals surface area (Å²) >= 11 is 0. The Morgan fingerprint density at radius 3 is 1.90 bits per heavy atom. The van der Waals surface area contributed by atoms with Crippen LogP contribution in [-0.2, 0) is 10.1 Å². The molecule has 0 amide bonds. The summed E-state index contributed by atoms with van der Waals surface area (Å²) < 4.78 is 109. The lowest BCUT2D eigenvalue weighted by molar-refractivity contribution is -0.301. The first-order valence-electron chi connectivity index (χ1n) is 5.61. The Bertz CT molecular complexity index is 541. The van der Waals surface area contributed by atoms with Crippen LogP contribution in [0.15, 0.2) is 12.2 Å². The second kappa shape index (κ2) is 4.12. The third-order valence-electron chi connectivity index (χ3n) is 3.85. The van der Waals surface area contributed by atoms with E-state index < -0.39 is 51.4 Å². The molecule has 0 saturated heterocycles. The molecule has 0 aromatic rings. The van der Waals surface area contributed by atoms with Crippen molar-refractivity contribution in [3.8, 4) is 0 Å². The molecule has 20 heavy (non-hydrogen) atoms. The maximum atomic E-state index is 13.8. The van der Waals surface area contributed by atoms with Gasteiger partial charge in [0.05, 0.1) is 0 Å². The van der Waals surface area contributed by atoms with E-state index in [1.54, 1.807) is 0 Å². The van der Waals surface area contributed by atoms with E-state index in [1.165, 1.54) is 12.2 Å². The van der Waals surface area contributed by atoms with Gasteiger partial charge in [-0.05, 0) is 24.7 Å². The van der Waals surface area contributed by atoms with Crippen molar-refractivity contribution in [1.82, 2.24) is 0 Å². The summed E-state index contributed by atoms with van der Waals surface area (Å²) in [4.78, 5) is 0. The highest BCUT2D eigenvalue weighted by Crippen LogP contribution is 2.58. The molecule has 0 radical (unpaired) electrons. The van der Waals surface area contributed by atoms with Gasteiger partial charge in [-0.2, -0.15) is 34.8 Å². The molecule has 2 aliphatic carbocycles. The van der Waals surface area contributed by atoms with Crippen LogP contribution in [0.2, 0.25) is 0 Å². The molecular weight excluding hydrogens is 314 g/mol. The highest BCUT2D eigenvalue weighted by atomic mass is 32.2. The fourth-order valence-electron chi connectivity index (χ4n) is 2.79. The Morgan fingerprint density at radius 1 is 1.00 bits per heavy atom. The molecule has 1 saturated carbocycles. The number of hydrogen-bond acceptors (Lipinski definition) is 2. The average molecular weight is 324 g/mol. The van der Waals surface area contributed by atoms with E-state index in [9.17, 15) is 34.8 Å². The second-order valence-electron chi connectivity index (χ2n) is 5.08. The molecule has 10 heteroatoms. The van der Waals surface area contributed by atoms with Crippen LogP contribution in [0.3, 0.4) is 0 Å². The zero-order chi connectivity index (χ0) is 15.6. The minimum absolute atomic E-state index is 0.147. The van der Waals surface area contributed by atoms with Gasteiger partial charge in [0.1, 0.15) is 0 Å². The summed E-state index contributed by atoms with van der Waals surface area (Å²) in [5, 5.41) is -6.25. The number of hydrogen-bond donors (Lipinski definition) is 1. The van der Waals surface area contributed by atoms with Gasteiger partial charge in [0.2, 0.25) is 0 Å². The molecule has 3 atom stereocenters. The molecule has 0 spiro atoms. The van der Waals surface area contributed by atoms with Crippen LogP contribution < -0.4 is 0 Å². The lowest BCUT2D eigenvalue weighted by atomic mass is 9.84. The average Bonchev–Trinajstić information content (AvgIpc) is 2.88. The third-order valence-corrected chi connectivity index (χ3v) is 4.76. The maximum absolute atomic E-state index is 13.8.